The number of benzene rings is 1. The first kappa shape index (κ1) is 10.4. The van der Waals surface area contributed by atoms with Crippen LogP contribution in [0.5, 0.6) is 0 Å². The summed E-state index contributed by atoms with van der Waals surface area (Å²) in [5, 5.41) is 0. The van der Waals surface area contributed by atoms with Gasteiger partial charge in [0.25, 0.3) is 0 Å². The minimum Gasteiger partial charge on any atom is -0.330 e. The van der Waals surface area contributed by atoms with Gasteiger partial charge in [-0.2, -0.15) is 0 Å². The average molecular weight is 204 g/mol. The van der Waals surface area contributed by atoms with E-state index in [-0.39, 0.29) is 5.92 Å². The van der Waals surface area contributed by atoms with Gasteiger partial charge in [0.05, 0.1) is 25.4 Å². The number of piperidine rings is 1. The SMILES string of the molecule is CC1C[NH+](Cc2ccccc2)CCC1=O. The van der Waals surface area contributed by atoms with E-state index in [0.717, 1.165) is 26.1 Å². The summed E-state index contributed by atoms with van der Waals surface area (Å²) in [5.41, 5.74) is 1.37. The summed E-state index contributed by atoms with van der Waals surface area (Å²) in [7, 11) is 0. The van der Waals surface area contributed by atoms with Gasteiger partial charge in [0.15, 0.2) is 0 Å². The van der Waals surface area contributed by atoms with Crippen molar-refractivity contribution in [1.82, 2.24) is 0 Å². The lowest BCUT2D eigenvalue weighted by Gasteiger charge is -2.26. The van der Waals surface area contributed by atoms with E-state index in [1.54, 1.807) is 0 Å². The Morgan fingerprint density at radius 3 is 2.73 bits per heavy atom. The Bertz CT molecular complexity index is 334. The number of ketones is 1. The molecule has 2 heteroatoms. The molecule has 0 spiro atoms. The summed E-state index contributed by atoms with van der Waals surface area (Å²) >= 11 is 0. The van der Waals surface area contributed by atoms with Gasteiger partial charge in [-0.05, 0) is 0 Å². The van der Waals surface area contributed by atoms with Crippen LogP contribution in [0, 0.1) is 5.92 Å². The number of Topliss-reactive ketones (excluding diaryl/α,β-unsaturated/α-hetero) is 1. The molecular formula is C13H18NO+. The summed E-state index contributed by atoms with van der Waals surface area (Å²) in [6.07, 6.45) is 0.753. The largest absolute Gasteiger partial charge is 0.330 e. The van der Waals surface area contributed by atoms with Crippen LogP contribution in [-0.2, 0) is 11.3 Å². The summed E-state index contributed by atoms with van der Waals surface area (Å²) in [4.78, 5) is 12.9. The first-order chi connectivity index (χ1) is 7.25. The number of hydrogen-bond acceptors (Lipinski definition) is 1. The molecule has 1 aliphatic rings. The molecule has 0 bridgehead atoms. The fraction of sp³-hybridized carbons (Fsp3) is 0.462. The molecular weight excluding hydrogens is 186 g/mol. The number of quaternary nitrogens is 1. The third-order valence-corrected chi connectivity index (χ3v) is 3.17. The number of hydrogen-bond donors (Lipinski definition) is 1. The molecule has 0 amide bonds. The zero-order valence-corrected chi connectivity index (χ0v) is 9.20. The Labute approximate surface area is 90.9 Å². The molecule has 1 heterocycles. The van der Waals surface area contributed by atoms with Gasteiger partial charge in [0.2, 0.25) is 0 Å². The highest BCUT2D eigenvalue weighted by atomic mass is 16.1. The molecule has 0 saturated carbocycles. The Morgan fingerprint density at radius 2 is 2.07 bits per heavy atom. The fourth-order valence-electron chi connectivity index (χ4n) is 2.24. The summed E-state index contributed by atoms with van der Waals surface area (Å²) in [6, 6.07) is 10.5. The van der Waals surface area contributed by atoms with Crippen LogP contribution in [0.15, 0.2) is 30.3 Å². The van der Waals surface area contributed by atoms with Crippen molar-refractivity contribution in [2.45, 2.75) is 19.9 Å². The van der Waals surface area contributed by atoms with Gasteiger partial charge in [-0.25, -0.2) is 0 Å². The van der Waals surface area contributed by atoms with Crippen LogP contribution >= 0.6 is 0 Å². The number of nitrogens with one attached hydrogen (secondary N) is 1. The maximum atomic E-state index is 11.4. The van der Waals surface area contributed by atoms with Gasteiger partial charge in [0, 0.05) is 5.56 Å². The van der Waals surface area contributed by atoms with Gasteiger partial charge in [0.1, 0.15) is 12.3 Å². The normalized spacial score (nSPS) is 26.6. The third-order valence-electron chi connectivity index (χ3n) is 3.17. The van der Waals surface area contributed by atoms with E-state index in [4.69, 9.17) is 0 Å². The van der Waals surface area contributed by atoms with E-state index in [2.05, 4.69) is 24.3 Å². The molecule has 2 unspecified atom stereocenters. The Hall–Kier alpha value is -1.15. The van der Waals surface area contributed by atoms with Crippen molar-refractivity contribution in [2.24, 2.45) is 5.92 Å². The lowest BCUT2D eigenvalue weighted by atomic mass is 9.98. The second-order valence-electron chi connectivity index (χ2n) is 4.48. The molecule has 1 fully saturated rings. The molecule has 15 heavy (non-hydrogen) atoms. The number of carbonyl (C=O) groups excluding carboxylic acids is 1. The highest BCUT2D eigenvalue weighted by Crippen LogP contribution is 2.02. The van der Waals surface area contributed by atoms with Crippen molar-refractivity contribution < 1.29 is 9.69 Å². The minimum absolute atomic E-state index is 0.248. The molecule has 2 rings (SSSR count). The summed E-state index contributed by atoms with van der Waals surface area (Å²) < 4.78 is 0. The van der Waals surface area contributed by atoms with Gasteiger partial charge in [-0.3, -0.25) is 4.79 Å². The fourth-order valence-corrected chi connectivity index (χ4v) is 2.24. The predicted octanol–water partition coefficient (Wildman–Crippen LogP) is 0.680. The lowest BCUT2D eigenvalue weighted by Crippen LogP contribution is -3.12. The topological polar surface area (TPSA) is 21.5 Å². The summed E-state index contributed by atoms with van der Waals surface area (Å²) in [6.45, 7) is 5.09. The van der Waals surface area contributed by atoms with E-state index in [1.165, 1.54) is 10.5 Å². The molecule has 0 aromatic heterocycles. The van der Waals surface area contributed by atoms with E-state index < -0.39 is 0 Å². The van der Waals surface area contributed by atoms with Crippen LogP contribution in [-0.4, -0.2) is 18.9 Å². The third kappa shape index (κ3) is 2.66. The second kappa shape index (κ2) is 4.58. The molecule has 1 aromatic rings. The van der Waals surface area contributed by atoms with Crippen molar-refractivity contribution in [3.8, 4) is 0 Å². The Balaban J connectivity index is 1.94. The van der Waals surface area contributed by atoms with Crippen molar-refractivity contribution >= 4 is 5.78 Å². The van der Waals surface area contributed by atoms with Crippen molar-refractivity contribution in [3.63, 3.8) is 0 Å². The van der Waals surface area contributed by atoms with Crippen LogP contribution in [0.2, 0.25) is 0 Å². The first-order valence-electron chi connectivity index (χ1n) is 5.66. The maximum absolute atomic E-state index is 11.4. The number of carbonyl (C=O) groups is 1. The van der Waals surface area contributed by atoms with Crippen LogP contribution in [0.1, 0.15) is 18.9 Å². The molecule has 80 valence electrons. The van der Waals surface area contributed by atoms with Crippen LogP contribution < -0.4 is 4.90 Å². The molecule has 0 radical (unpaired) electrons. The monoisotopic (exact) mass is 204 g/mol. The molecule has 2 nitrogen and oxygen atoms in total. The van der Waals surface area contributed by atoms with Gasteiger partial charge >= 0.3 is 0 Å². The van der Waals surface area contributed by atoms with Crippen molar-refractivity contribution in [3.05, 3.63) is 35.9 Å². The Kier molecular flexibility index (Phi) is 3.17. The van der Waals surface area contributed by atoms with Gasteiger partial charge < -0.3 is 4.90 Å². The van der Waals surface area contributed by atoms with Crippen molar-refractivity contribution in [2.75, 3.05) is 13.1 Å². The maximum Gasteiger partial charge on any atom is 0.146 e. The van der Waals surface area contributed by atoms with Gasteiger partial charge in [-0.15, -0.1) is 0 Å². The molecule has 1 aliphatic heterocycles. The molecule has 1 N–H and O–H groups in total. The van der Waals surface area contributed by atoms with E-state index in [9.17, 15) is 4.79 Å². The van der Waals surface area contributed by atoms with Crippen LogP contribution in [0.25, 0.3) is 0 Å². The average Bonchev–Trinajstić information content (AvgIpc) is 2.25. The molecule has 0 aliphatic carbocycles. The molecule has 2 atom stereocenters. The summed E-state index contributed by atoms with van der Waals surface area (Å²) in [5.74, 6) is 0.685. The first-order valence-corrected chi connectivity index (χ1v) is 5.66. The molecule has 1 saturated heterocycles. The van der Waals surface area contributed by atoms with E-state index in [0.29, 0.717) is 5.78 Å². The van der Waals surface area contributed by atoms with E-state index >= 15 is 0 Å². The van der Waals surface area contributed by atoms with Crippen LogP contribution in [0.3, 0.4) is 0 Å². The van der Waals surface area contributed by atoms with Gasteiger partial charge in [-0.1, -0.05) is 37.3 Å². The number of rotatable bonds is 2. The zero-order valence-electron chi connectivity index (χ0n) is 9.20. The van der Waals surface area contributed by atoms with E-state index in [1.807, 2.05) is 13.0 Å². The zero-order chi connectivity index (χ0) is 10.7. The second-order valence-corrected chi connectivity index (χ2v) is 4.48. The predicted molar refractivity (Wildman–Crippen MR) is 59.6 cm³/mol. The number of likely N-dealkylation sites (tertiary alicyclic amines) is 1. The standard InChI is InChI=1S/C13H17NO/c1-11-9-14(8-7-13(11)15)10-12-5-3-2-4-6-12/h2-6,11H,7-10H2,1H3/p+1. The lowest BCUT2D eigenvalue weighted by molar-refractivity contribution is -0.918. The quantitative estimate of drug-likeness (QED) is 0.751. The van der Waals surface area contributed by atoms with Crippen molar-refractivity contribution in [1.29, 1.82) is 0 Å². The Morgan fingerprint density at radius 1 is 1.33 bits per heavy atom. The highest BCUT2D eigenvalue weighted by molar-refractivity contribution is 5.81. The van der Waals surface area contributed by atoms with Crippen LogP contribution in [0.4, 0.5) is 0 Å². The minimum atomic E-state index is 0.248. The smallest absolute Gasteiger partial charge is 0.146 e. The highest BCUT2D eigenvalue weighted by Gasteiger charge is 2.26. The molecule has 1 aromatic carbocycles.